The Hall–Kier alpha value is -0.810. The minimum absolute atomic E-state index is 0.606. The van der Waals surface area contributed by atoms with Crippen LogP contribution in [-0.2, 0) is 9.47 Å². The molecule has 0 amide bonds. The first-order valence-corrected chi connectivity index (χ1v) is 5.79. The molecule has 0 aromatic carbocycles. The van der Waals surface area contributed by atoms with Gasteiger partial charge in [-0.1, -0.05) is 6.92 Å². The highest BCUT2D eigenvalue weighted by molar-refractivity contribution is 5.78. The number of hydrogen-bond acceptors (Lipinski definition) is 3. The van der Waals surface area contributed by atoms with Crippen molar-refractivity contribution in [1.29, 1.82) is 0 Å². The molecule has 0 saturated carbocycles. The van der Waals surface area contributed by atoms with Crippen molar-refractivity contribution in [1.82, 2.24) is 4.90 Å². The van der Waals surface area contributed by atoms with Crippen molar-refractivity contribution in [3.8, 4) is 0 Å². The molecule has 96 valence electrons. The Kier molecular flexibility index (Phi) is 10.2. The Morgan fingerprint density at radius 1 is 1.19 bits per heavy atom. The summed E-state index contributed by atoms with van der Waals surface area (Å²) in [5.74, 6) is 0.606. The predicted molar refractivity (Wildman–Crippen MR) is 66.7 cm³/mol. The van der Waals surface area contributed by atoms with E-state index >= 15 is 0 Å². The third-order valence-electron chi connectivity index (χ3n) is 2.16. The number of rotatable bonds is 9. The molecule has 5 heteroatoms. The first kappa shape index (κ1) is 15.2. The lowest BCUT2D eigenvalue weighted by atomic mass is 10.4. The predicted octanol–water partition coefficient (Wildman–Crippen LogP) is 0.696. The molecule has 0 rings (SSSR count). The molecule has 16 heavy (non-hydrogen) atoms. The maximum absolute atomic E-state index is 5.91. The van der Waals surface area contributed by atoms with Crippen molar-refractivity contribution in [3.63, 3.8) is 0 Å². The zero-order valence-electron chi connectivity index (χ0n) is 10.7. The fourth-order valence-corrected chi connectivity index (χ4v) is 1.27. The van der Waals surface area contributed by atoms with E-state index in [4.69, 9.17) is 15.2 Å². The van der Waals surface area contributed by atoms with Crippen molar-refractivity contribution in [2.24, 2.45) is 10.7 Å². The van der Waals surface area contributed by atoms with Crippen LogP contribution in [-0.4, -0.2) is 57.9 Å². The van der Waals surface area contributed by atoms with E-state index in [1.807, 2.05) is 4.90 Å². The van der Waals surface area contributed by atoms with Gasteiger partial charge < -0.3 is 20.1 Å². The van der Waals surface area contributed by atoms with E-state index < -0.39 is 0 Å². The van der Waals surface area contributed by atoms with Crippen molar-refractivity contribution in [3.05, 3.63) is 0 Å². The van der Waals surface area contributed by atoms with Gasteiger partial charge in [0, 0.05) is 40.5 Å². The highest BCUT2D eigenvalue weighted by Crippen LogP contribution is 1.94. The molecule has 0 unspecified atom stereocenters. The molecule has 5 nitrogen and oxygen atoms in total. The molecule has 0 spiro atoms. The molecule has 0 radical (unpaired) electrons. The maximum atomic E-state index is 5.91. The molecule has 0 aliphatic heterocycles. The lowest BCUT2D eigenvalue weighted by Crippen LogP contribution is -2.40. The van der Waals surface area contributed by atoms with Gasteiger partial charge in [0.15, 0.2) is 5.96 Å². The first-order valence-electron chi connectivity index (χ1n) is 5.79. The molecule has 2 N–H and O–H groups in total. The van der Waals surface area contributed by atoms with Crippen LogP contribution in [0, 0.1) is 0 Å². The zero-order chi connectivity index (χ0) is 12.2. The average Bonchev–Trinajstić information content (AvgIpc) is 2.30. The van der Waals surface area contributed by atoms with Gasteiger partial charge in [0.05, 0.1) is 6.61 Å². The number of ether oxygens (including phenoxy) is 2. The Labute approximate surface area is 98.6 Å². The fraction of sp³-hybridized carbons (Fsp3) is 0.909. The highest BCUT2D eigenvalue weighted by atomic mass is 16.5. The van der Waals surface area contributed by atoms with E-state index in [2.05, 4.69) is 11.9 Å². The van der Waals surface area contributed by atoms with Crippen LogP contribution in [0.5, 0.6) is 0 Å². The van der Waals surface area contributed by atoms with Crippen LogP contribution in [0.25, 0.3) is 0 Å². The standard InChI is InChI=1S/C11H25N3O2/c1-4-6-13-11(12)14(8-10-16-3)7-5-9-15-2/h4-10H2,1-3H3,(H2,12,13). The third kappa shape index (κ3) is 7.48. The monoisotopic (exact) mass is 231 g/mol. The van der Waals surface area contributed by atoms with Crippen LogP contribution >= 0.6 is 0 Å². The number of hydrogen-bond donors (Lipinski definition) is 1. The van der Waals surface area contributed by atoms with Gasteiger partial charge in [-0.3, -0.25) is 4.99 Å². The van der Waals surface area contributed by atoms with Crippen molar-refractivity contribution in [2.75, 3.05) is 47.1 Å². The summed E-state index contributed by atoms with van der Waals surface area (Å²) in [6.45, 7) is 5.90. The first-order chi connectivity index (χ1) is 7.76. The van der Waals surface area contributed by atoms with Crippen molar-refractivity contribution >= 4 is 5.96 Å². The third-order valence-corrected chi connectivity index (χ3v) is 2.16. The summed E-state index contributed by atoms with van der Waals surface area (Å²) in [4.78, 5) is 6.34. The van der Waals surface area contributed by atoms with Crippen LogP contribution in [0.3, 0.4) is 0 Å². The topological polar surface area (TPSA) is 60.1 Å². The molecule has 0 atom stereocenters. The summed E-state index contributed by atoms with van der Waals surface area (Å²) in [6.07, 6.45) is 1.96. The van der Waals surface area contributed by atoms with Crippen LogP contribution < -0.4 is 5.73 Å². The van der Waals surface area contributed by atoms with Gasteiger partial charge in [0.25, 0.3) is 0 Å². The zero-order valence-corrected chi connectivity index (χ0v) is 10.7. The van der Waals surface area contributed by atoms with Gasteiger partial charge >= 0.3 is 0 Å². The van der Waals surface area contributed by atoms with Gasteiger partial charge in [-0.25, -0.2) is 0 Å². The number of nitrogens with two attached hydrogens (primary N) is 1. The molecular weight excluding hydrogens is 206 g/mol. The summed E-state index contributed by atoms with van der Waals surface area (Å²) in [6, 6.07) is 0. The van der Waals surface area contributed by atoms with E-state index in [1.165, 1.54) is 0 Å². The molecule has 0 heterocycles. The van der Waals surface area contributed by atoms with Gasteiger partial charge in [-0.05, 0) is 12.8 Å². The summed E-state index contributed by atoms with van der Waals surface area (Å²) in [5, 5.41) is 0. The summed E-state index contributed by atoms with van der Waals surface area (Å²) in [7, 11) is 3.39. The average molecular weight is 231 g/mol. The number of guanidine groups is 1. The second-order valence-corrected chi connectivity index (χ2v) is 3.57. The fourth-order valence-electron chi connectivity index (χ4n) is 1.27. The van der Waals surface area contributed by atoms with Crippen LogP contribution in [0.4, 0.5) is 0 Å². The highest BCUT2D eigenvalue weighted by Gasteiger charge is 2.06. The Morgan fingerprint density at radius 3 is 2.44 bits per heavy atom. The molecule has 0 bridgehead atoms. The Morgan fingerprint density at radius 2 is 1.88 bits per heavy atom. The number of nitrogens with zero attached hydrogens (tertiary/aromatic N) is 2. The van der Waals surface area contributed by atoms with Crippen molar-refractivity contribution in [2.45, 2.75) is 19.8 Å². The Balaban J connectivity index is 4.06. The summed E-state index contributed by atoms with van der Waals surface area (Å²) in [5.41, 5.74) is 5.91. The van der Waals surface area contributed by atoms with Crippen LogP contribution in [0.2, 0.25) is 0 Å². The molecule has 0 aliphatic carbocycles. The summed E-state index contributed by atoms with van der Waals surface area (Å²) >= 11 is 0. The van der Waals surface area contributed by atoms with E-state index in [-0.39, 0.29) is 0 Å². The van der Waals surface area contributed by atoms with Gasteiger partial charge in [0.2, 0.25) is 0 Å². The smallest absolute Gasteiger partial charge is 0.191 e. The minimum Gasteiger partial charge on any atom is -0.385 e. The van der Waals surface area contributed by atoms with Crippen molar-refractivity contribution < 1.29 is 9.47 Å². The van der Waals surface area contributed by atoms with Gasteiger partial charge in [-0.2, -0.15) is 0 Å². The van der Waals surface area contributed by atoms with E-state index in [0.717, 1.165) is 39.1 Å². The molecule has 0 aromatic heterocycles. The van der Waals surface area contributed by atoms with Gasteiger partial charge in [0.1, 0.15) is 0 Å². The molecule has 0 saturated heterocycles. The van der Waals surface area contributed by atoms with Gasteiger partial charge in [-0.15, -0.1) is 0 Å². The molecule has 0 fully saturated rings. The maximum Gasteiger partial charge on any atom is 0.191 e. The van der Waals surface area contributed by atoms with E-state index in [9.17, 15) is 0 Å². The van der Waals surface area contributed by atoms with E-state index in [1.54, 1.807) is 14.2 Å². The largest absolute Gasteiger partial charge is 0.385 e. The summed E-state index contributed by atoms with van der Waals surface area (Å²) < 4.78 is 10.1. The van der Waals surface area contributed by atoms with Crippen LogP contribution in [0.1, 0.15) is 19.8 Å². The normalized spacial score (nSPS) is 11.8. The van der Waals surface area contributed by atoms with E-state index in [0.29, 0.717) is 12.6 Å². The number of aliphatic imine (C=N–C) groups is 1. The molecule has 0 aliphatic rings. The second-order valence-electron chi connectivity index (χ2n) is 3.57. The molecular formula is C11H25N3O2. The SMILES string of the molecule is CCCN=C(N)N(CCCOC)CCOC. The number of methoxy groups -OCH3 is 2. The quantitative estimate of drug-likeness (QED) is 0.360. The lowest BCUT2D eigenvalue weighted by Gasteiger charge is -2.23. The molecule has 0 aromatic rings. The second kappa shape index (κ2) is 10.7. The Bertz CT molecular complexity index is 186. The van der Waals surface area contributed by atoms with Crippen LogP contribution in [0.15, 0.2) is 4.99 Å². The lowest BCUT2D eigenvalue weighted by molar-refractivity contribution is 0.160. The minimum atomic E-state index is 0.606.